The van der Waals surface area contributed by atoms with E-state index in [1.54, 1.807) is 4.90 Å². The predicted octanol–water partition coefficient (Wildman–Crippen LogP) is 6.18. The molecule has 0 radical (unpaired) electrons. The van der Waals surface area contributed by atoms with Gasteiger partial charge in [-0.25, -0.2) is 4.79 Å². The van der Waals surface area contributed by atoms with Crippen molar-refractivity contribution < 1.29 is 14.1 Å². The second-order valence-electron chi connectivity index (χ2n) is 9.06. The van der Waals surface area contributed by atoms with Crippen LogP contribution in [0.2, 0.25) is 0 Å². The number of nitrogens with zero attached hydrogens (tertiary/aromatic N) is 3. The zero-order valence-electron chi connectivity index (χ0n) is 21.3. The van der Waals surface area contributed by atoms with Gasteiger partial charge < -0.3 is 14.6 Å². The summed E-state index contributed by atoms with van der Waals surface area (Å²) in [5.74, 6) is 1.67. The molecule has 1 atom stereocenters. The summed E-state index contributed by atoms with van der Waals surface area (Å²) in [5.41, 5.74) is 5.67. The number of hydrogen-bond acceptors (Lipinski definition) is 5. The highest BCUT2D eigenvalue weighted by molar-refractivity contribution is 5.87. The van der Waals surface area contributed by atoms with Crippen molar-refractivity contribution in [2.45, 2.75) is 33.2 Å². The summed E-state index contributed by atoms with van der Waals surface area (Å²) < 4.78 is 11.4. The smallest absolute Gasteiger partial charge is 0.322 e. The molecular weight excluding hydrogens is 464 g/mol. The molecule has 3 aromatic carbocycles. The average Bonchev–Trinajstić information content (AvgIpc) is 3.39. The molecular formula is C30H30N4O3. The molecule has 1 aromatic heterocycles. The summed E-state index contributed by atoms with van der Waals surface area (Å²) in [4.78, 5) is 19.8. The molecule has 1 aliphatic heterocycles. The van der Waals surface area contributed by atoms with Crippen LogP contribution >= 0.6 is 0 Å². The minimum absolute atomic E-state index is 0.158. The number of ether oxygens (including phenoxy) is 1. The number of aryl methyl sites for hydroxylation is 1. The van der Waals surface area contributed by atoms with Crippen molar-refractivity contribution in [2.75, 3.05) is 13.2 Å². The van der Waals surface area contributed by atoms with Crippen LogP contribution in [0.3, 0.4) is 0 Å². The topological polar surface area (TPSA) is 80.5 Å². The minimum Gasteiger partial charge on any atom is -0.494 e. The Morgan fingerprint density at radius 3 is 2.41 bits per heavy atom. The van der Waals surface area contributed by atoms with E-state index in [9.17, 15) is 4.79 Å². The van der Waals surface area contributed by atoms with E-state index in [0.717, 1.165) is 45.7 Å². The Kier molecular flexibility index (Phi) is 7.03. The van der Waals surface area contributed by atoms with Crippen LogP contribution in [0.4, 0.5) is 4.79 Å². The van der Waals surface area contributed by atoms with Gasteiger partial charge in [-0.05, 0) is 50.5 Å². The standard InChI is InChI=1S/C30H30N4O3/c1-4-36-25-16-14-23(15-17-25)27-26(29-32-28(33-37-29)24-12-10-20(2)11-13-24)21(3)34(30(35)31-27)19-18-22-8-6-5-7-9-22/h5-17,27H,4,18-19H2,1-3H3,(H,31,35). The Morgan fingerprint density at radius 2 is 1.70 bits per heavy atom. The summed E-state index contributed by atoms with van der Waals surface area (Å²) in [7, 11) is 0. The first-order valence-corrected chi connectivity index (χ1v) is 12.5. The Hall–Kier alpha value is -4.39. The van der Waals surface area contributed by atoms with E-state index in [2.05, 4.69) is 22.6 Å². The third kappa shape index (κ3) is 5.26. The van der Waals surface area contributed by atoms with Crippen LogP contribution in [0, 0.1) is 6.92 Å². The lowest BCUT2D eigenvalue weighted by Gasteiger charge is -2.35. The number of carbonyl (C=O) groups excluding carboxylic acids is 1. The van der Waals surface area contributed by atoms with E-state index in [4.69, 9.17) is 14.2 Å². The number of benzene rings is 3. The Bertz CT molecular complexity index is 1390. The van der Waals surface area contributed by atoms with Crippen LogP contribution in [0.5, 0.6) is 5.75 Å². The fourth-order valence-electron chi connectivity index (χ4n) is 4.54. The largest absolute Gasteiger partial charge is 0.494 e. The molecule has 1 unspecified atom stereocenters. The Labute approximate surface area is 216 Å². The second kappa shape index (κ2) is 10.7. The van der Waals surface area contributed by atoms with Gasteiger partial charge in [0.05, 0.1) is 18.2 Å². The van der Waals surface area contributed by atoms with Gasteiger partial charge in [0.15, 0.2) is 0 Å². The maximum Gasteiger partial charge on any atom is 0.322 e. The van der Waals surface area contributed by atoms with E-state index < -0.39 is 6.04 Å². The van der Waals surface area contributed by atoms with Gasteiger partial charge in [-0.15, -0.1) is 0 Å². The van der Waals surface area contributed by atoms with Gasteiger partial charge in [-0.3, -0.25) is 4.90 Å². The van der Waals surface area contributed by atoms with Crippen molar-refractivity contribution in [3.63, 3.8) is 0 Å². The van der Waals surface area contributed by atoms with Crippen LogP contribution < -0.4 is 10.1 Å². The predicted molar refractivity (Wildman–Crippen MR) is 143 cm³/mol. The lowest BCUT2D eigenvalue weighted by Crippen LogP contribution is -2.46. The maximum atomic E-state index is 13.3. The first-order valence-electron chi connectivity index (χ1n) is 12.5. The molecule has 7 heteroatoms. The number of allylic oxidation sites excluding steroid dienone is 1. The molecule has 2 heterocycles. The lowest BCUT2D eigenvalue weighted by atomic mass is 9.94. The molecule has 7 nitrogen and oxygen atoms in total. The lowest BCUT2D eigenvalue weighted by molar-refractivity contribution is 0.205. The van der Waals surface area contributed by atoms with Crippen molar-refractivity contribution >= 4 is 11.6 Å². The van der Waals surface area contributed by atoms with Gasteiger partial charge in [0.2, 0.25) is 5.82 Å². The number of aromatic nitrogens is 2. The van der Waals surface area contributed by atoms with Gasteiger partial charge >= 0.3 is 6.03 Å². The molecule has 0 saturated carbocycles. The molecule has 0 spiro atoms. The molecule has 37 heavy (non-hydrogen) atoms. The fourth-order valence-corrected chi connectivity index (χ4v) is 4.54. The molecule has 0 saturated heterocycles. The third-order valence-electron chi connectivity index (χ3n) is 6.55. The van der Waals surface area contributed by atoms with Gasteiger partial charge in [-0.2, -0.15) is 4.98 Å². The molecule has 4 aromatic rings. The van der Waals surface area contributed by atoms with Gasteiger partial charge in [0, 0.05) is 17.8 Å². The molecule has 2 amide bonds. The van der Waals surface area contributed by atoms with Crippen LogP contribution in [0.15, 0.2) is 89.1 Å². The van der Waals surface area contributed by atoms with E-state index in [0.29, 0.717) is 24.9 Å². The van der Waals surface area contributed by atoms with Crippen LogP contribution in [-0.4, -0.2) is 34.2 Å². The van der Waals surface area contributed by atoms with Gasteiger partial charge in [0.25, 0.3) is 5.89 Å². The molecule has 188 valence electrons. The Morgan fingerprint density at radius 1 is 0.973 bits per heavy atom. The first-order chi connectivity index (χ1) is 18.0. The molecule has 0 fully saturated rings. The normalized spacial score (nSPS) is 15.6. The van der Waals surface area contributed by atoms with E-state index >= 15 is 0 Å². The third-order valence-corrected chi connectivity index (χ3v) is 6.55. The molecule has 5 rings (SSSR count). The number of urea groups is 1. The minimum atomic E-state index is -0.442. The van der Waals surface area contributed by atoms with Crippen molar-refractivity contribution in [1.29, 1.82) is 0 Å². The number of rotatable bonds is 8. The van der Waals surface area contributed by atoms with Crippen molar-refractivity contribution in [1.82, 2.24) is 20.4 Å². The number of hydrogen-bond donors (Lipinski definition) is 1. The summed E-state index contributed by atoms with van der Waals surface area (Å²) in [6.45, 7) is 7.04. The first kappa shape index (κ1) is 24.3. The van der Waals surface area contributed by atoms with Crippen molar-refractivity contribution in [3.8, 4) is 17.1 Å². The summed E-state index contributed by atoms with van der Waals surface area (Å²) in [6.07, 6.45) is 0.727. The van der Waals surface area contributed by atoms with Crippen LogP contribution in [0.1, 0.15) is 42.5 Å². The fraction of sp³-hybridized carbons (Fsp3) is 0.233. The summed E-state index contributed by atoms with van der Waals surface area (Å²) in [5, 5.41) is 7.42. The quantitative estimate of drug-likeness (QED) is 0.316. The highest BCUT2D eigenvalue weighted by Crippen LogP contribution is 2.38. The highest BCUT2D eigenvalue weighted by atomic mass is 16.5. The average molecular weight is 495 g/mol. The van der Waals surface area contributed by atoms with Gasteiger partial charge in [0.1, 0.15) is 5.75 Å². The van der Waals surface area contributed by atoms with Crippen LogP contribution in [-0.2, 0) is 6.42 Å². The number of amides is 2. The van der Waals surface area contributed by atoms with Gasteiger partial charge in [-0.1, -0.05) is 77.5 Å². The zero-order valence-corrected chi connectivity index (χ0v) is 21.3. The Balaban J connectivity index is 1.52. The number of carbonyl (C=O) groups is 1. The van der Waals surface area contributed by atoms with E-state index in [1.165, 1.54) is 0 Å². The summed E-state index contributed by atoms with van der Waals surface area (Å²) in [6, 6.07) is 25.3. The summed E-state index contributed by atoms with van der Waals surface area (Å²) >= 11 is 0. The highest BCUT2D eigenvalue weighted by Gasteiger charge is 2.35. The van der Waals surface area contributed by atoms with E-state index in [-0.39, 0.29) is 6.03 Å². The molecule has 1 N–H and O–H groups in total. The molecule has 0 aliphatic carbocycles. The van der Waals surface area contributed by atoms with Crippen molar-refractivity contribution in [3.05, 3.63) is 107 Å². The second-order valence-corrected chi connectivity index (χ2v) is 9.06. The molecule has 1 aliphatic rings. The van der Waals surface area contributed by atoms with Crippen LogP contribution in [0.25, 0.3) is 17.0 Å². The van der Waals surface area contributed by atoms with Crippen molar-refractivity contribution in [2.24, 2.45) is 0 Å². The maximum absolute atomic E-state index is 13.3. The van der Waals surface area contributed by atoms with E-state index in [1.807, 2.05) is 87.5 Å². The SMILES string of the molecule is CCOc1ccc(C2NC(=O)N(CCc3ccccc3)C(C)=C2c2nc(-c3ccc(C)cc3)no2)cc1. The molecule has 0 bridgehead atoms. The monoisotopic (exact) mass is 494 g/mol. The number of nitrogens with one attached hydrogen (secondary N) is 1. The zero-order chi connectivity index (χ0) is 25.8.